The molecule has 102 valence electrons. The van der Waals surface area contributed by atoms with E-state index in [1.165, 1.54) is 0 Å². The SMILES string of the molecule is CC(c1cccc(N)c1)N(C)c1nccc(C#N)c1Cl. The van der Waals surface area contributed by atoms with Crippen molar-refractivity contribution in [3.63, 3.8) is 0 Å². The minimum Gasteiger partial charge on any atom is -0.399 e. The summed E-state index contributed by atoms with van der Waals surface area (Å²) in [5, 5.41) is 9.39. The molecule has 20 heavy (non-hydrogen) atoms. The van der Waals surface area contributed by atoms with E-state index in [0.717, 1.165) is 5.56 Å². The number of nitrogens with two attached hydrogens (primary N) is 1. The maximum Gasteiger partial charge on any atom is 0.148 e. The third-order valence-corrected chi connectivity index (χ3v) is 3.67. The Morgan fingerprint density at radius 2 is 2.15 bits per heavy atom. The zero-order valence-electron chi connectivity index (χ0n) is 11.3. The second-order valence-corrected chi connectivity index (χ2v) is 4.94. The third kappa shape index (κ3) is 2.68. The fraction of sp³-hybridized carbons (Fsp3) is 0.200. The van der Waals surface area contributed by atoms with E-state index in [-0.39, 0.29) is 6.04 Å². The Morgan fingerprint density at radius 3 is 2.80 bits per heavy atom. The molecule has 0 saturated carbocycles. The Kier molecular flexibility index (Phi) is 4.11. The minimum absolute atomic E-state index is 0.0393. The molecule has 0 saturated heterocycles. The lowest BCUT2D eigenvalue weighted by Crippen LogP contribution is -2.23. The van der Waals surface area contributed by atoms with Crippen LogP contribution in [0.25, 0.3) is 0 Å². The third-order valence-electron chi connectivity index (χ3n) is 3.30. The minimum atomic E-state index is 0.0393. The van der Waals surface area contributed by atoms with Crippen molar-refractivity contribution < 1.29 is 0 Å². The van der Waals surface area contributed by atoms with E-state index in [4.69, 9.17) is 22.6 Å². The highest BCUT2D eigenvalue weighted by Crippen LogP contribution is 2.31. The standard InChI is InChI=1S/C15H15ClN4/c1-10(11-4-3-5-13(18)8-11)20(2)15-14(16)12(9-17)6-7-19-15/h3-8,10H,18H2,1-2H3. The molecule has 0 aliphatic rings. The quantitative estimate of drug-likeness (QED) is 0.878. The first-order valence-electron chi connectivity index (χ1n) is 6.17. The smallest absolute Gasteiger partial charge is 0.148 e. The van der Waals surface area contributed by atoms with Crippen LogP contribution in [0.15, 0.2) is 36.5 Å². The van der Waals surface area contributed by atoms with E-state index in [0.29, 0.717) is 22.1 Å². The van der Waals surface area contributed by atoms with Crippen LogP contribution < -0.4 is 10.6 Å². The molecule has 2 N–H and O–H groups in total. The van der Waals surface area contributed by atoms with E-state index in [9.17, 15) is 0 Å². The average Bonchev–Trinajstić information content (AvgIpc) is 2.46. The van der Waals surface area contributed by atoms with Gasteiger partial charge in [-0.1, -0.05) is 23.7 Å². The molecule has 0 radical (unpaired) electrons. The molecule has 1 aromatic carbocycles. The molecule has 5 heteroatoms. The summed E-state index contributed by atoms with van der Waals surface area (Å²) >= 11 is 6.22. The molecule has 2 rings (SSSR count). The van der Waals surface area contributed by atoms with Crippen molar-refractivity contribution in [2.24, 2.45) is 0 Å². The molecule has 0 fully saturated rings. The van der Waals surface area contributed by atoms with Crippen LogP contribution in [0.3, 0.4) is 0 Å². The Balaban J connectivity index is 2.37. The number of nitriles is 1. The number of hydrogen-bond acceptors (Lipinski definition) is 4. The van der Waals surface area contributed by atoms with E-state index in [1.54, 1.807) is 12.3 Å². The molecule has 1 aromatic heterocycles. The molecule has 0 spiro atoms. The van der Waals surface area contributed by atoms with Crippen molar-refractivity contribution in [1.29, 1.82) is 5.26 Å². The molecule has 4 nitrogen and oxygen atoms in total. The number of nitrogen functional groups attached to an aromatic ring is 1. The summed E-state index contributed by atoms with van der Waals surface area (Å²) in [6, 6.07) is 11.4. The largest absolute Gasteiger partial charge is 0.399 e. The van der Waals surface area contributed by atoms with Crippen LogP contribution in [0, 0.1) is 11.3 Å². The van der Waals surface area contributed by atoms with Gasteiger partial charge in [0.05, 0.1) is 11.6 Å². The summed E-state index contributed by atoms with van der Waals surface area (Å²) in [5.74, 6) is 0.584. The predicted octanol–water partition coefficient (Wildman–Crippen LogP) is 3.39. The normalized spacial score (nSPS) is 11.7. The van der Waals surface area contributed by atoms with Gasteiger partial charge in [-0.05, 0) is 30.7 Å². The number of halogens is 1. The Hall–Kier alpha value is -2.25. The zero-order valence-corrected chi connectivity index (χ0v) is 12.1. The molecule has 0 aliphatic carbocycles. The number of rotatable bonds is 3. The van der Waals surface area contributed by atoms with Gasteiger partial charge in [-0.15, -0.1) is 0 Å². The topological polar surface area (TPSA) is 65.9 Å². The predicted molar refractivity (Wildman–Crippen MR) is 81.6 cm³/mol. The van der Waals surface area contributed by atoms with E-state index < -0.39 is 0 Å². The number of hydrogen-bond donors (Lipinski definition) is 1. The highest BCUT2D eigenvalue weighted by molar-refractivity contribution is 6.34. The summed E-state index contributed by atoms with van der Waals surface area (Å²) < 4.78 is 0. The first-order chi connectivity index (χ1) is 9.54. The average molecular weight is 287 g/mol. The van der Waals surface area contributed by atoms with Crippen molar-refractivity contribution in [2.75, 3.05) is 17.7 Å². The van der Waals surface area contributed by atoms with Crippen molar-refractivity contribution in [3.05, 3.63) is 52.7 Å². The molecule has 1 atom stereocenters. The number of pyridine rings is 1. The zero-order chi connectivity index (χ0) is 14.7. The molecule has 0 bridgehead atoms. The Bertz CT molecular complexity index is 663. The molecule has 0 amide bonds. The van der Waals surface area contributed by atoms with Crippen LogP contribution >= 0.6 is 11.6 Å². The lowest BCUT2D eigenvalue weighted by molar-refractivity contribution is 0.729. The first-order valence-corrected chi connectivity index (χ1v) is 6.55. The van der Waals surface area contributed by atoms with E-state index in [2.05, 4.69) is 11.1 Å². The van der Waals surface area contributed by atoms with Gasteiger partial charge in [-0.25, -0.2) is 4.98 Å². The summed E-state index contributed by atoms with van der Waals surface area (Å²) in [6.07, 6.45) is 1.59. The lowest BCUT2D eigenvalue weighted by Gasteiger charge is -2.27. The van der Waals surface area contributed by atoms with Crippen LogP contribution in [0.2, 0.25) is 5.02 Å². The van der Waals surface area contributed by atoms with Crippen molar-refractivity contribution in [3.8, 4) is 6.07 Å². The van der Waals surface area contributed by atoms with Crippen LogP contribution in [-0.2, 0) is 0 Å². The van der Waals surface area contributed by atoms with Gasteiger partial charge in [0, 0.05) is 18.9 Å². The van der Waals surface area contributed by atoms with Crippen LogP contribution in [-0.4, -0.2) is 12.0 Å². The van der Waals surface area contributed by atoms with Crippen molar-refractivity contribution in [1.82, 2.24) is 4.98 Å². The fourth-order valence-corrected chi connectivity index (χ4v) is 2.28. The number of anilines is 2. The molecular formula is C15H15ClN4. The Morgan fingerprint density at radius 1 is 1.40 bits per heavy atom. The number of nitrogens with zero attached hydrogens (tertiary/aromatic N) is 3. The number of benzene rings is 1. The van der Waals surface area contributed by atoms with Crippen LogP contribution in [0.1, 0.15) is 24.1 Å². The lowest BCUT2D eigenvalue weighted by atomic mass is 10.1. The summed E-state index contributed by atoms with van der Waals surface area (Å²) in [6.45, 7) is 2.03. The molecule has 2 aromatic rings. The maximum atomic E-state index is 9.02. The summed E-state index contributed by atoms with van der Waals surface area (Å²) in [5.41, 5.74) is 8.01. The van der Waals surface area contributed by atoms with E-state index in [1.807, 2.05) is 43.1 Å². The summed E-state index contributed by atoms with van der Waals surface area (Å²) in [4.78, 5) is 6.20. The molecule has 1 heterocycles. The van der Waals surface area contributed by atoms with Gasteiger partial charge in [0.25, 0.3) is 0 Å². The van der Waals surface area contributed by atoms with E-state index >= 15 is 0 Å². The van der Waals surface area contributed by atoms with Gasteiger partial charge in [0.15, 0.2) is 0 Å². The fourth-order valence-electron chi connectivity index (χ4n) is 1.99. The monoisotopic (exact) mass is 286 g/mol. The molecule has 0 aliphatic heterocycles. The second-order valence-electron chi connectivity index (χ2n) is 4.56. The number of aromatic nitrogens is 1. The highest BCUT2D eigenvalue weighted by atomic mass is 35.5. The van der Waals surface area contributed by atoms with Crippen molar-refractivity contribution in [2.45, 2.75) is 13.0 Å². The van der Waals surface area contributed by atoms with Gasteiger partial charge in [0.2, 0.25) is 0 Å². The molecule has 1 unspecified atom stereocenters. The maximum absolute atomic E-state index is 9.02. The van der Waals surface area contributed by atoms with Gasteiger partial charge >= 0.3 is 0 Å². The van der Waals surface area contributed by atoms with Gasteiger partial charge in [-0.3, -0.25) is 0 Å². The van der Waals surface area contributed by atoms with Gasteiger partial charge < -0.3 is 10.6 Å². The Labute approximate surface area is 123 Å². The summed E-state index contributed by atoms with van der Waals surface area (Å²) in [7, 11) is 1.89. The molecular weight excluding hydrogens is 272 g/mol. The second kappa shape index (κ2) is 5.81. The first kappa shape index (κ1) is 14.2. The van der Waals surface area contributed by atoms with Gasteiger partial charge in [0.1, 0.15) is 16.9 Å². The van der Waals surface area contributed by atoms with Crippen molar-refractivity contribution >= 4 is 23.1 Å². The highest BCUT2D eigenvalue weighted by Gasteiger charge is 2.18. The van der Waals surface area contributed by atoms with Crippen LogP contribution in [0.5, 0.6) is 0 Å². The van der Waals surface area contributed by atoms with Gasteiger partial charge in [-0.2, -0.15) is 5.26 Å². The van der Waals surface area contributed by atoms with Crippen LogP contribution in [0.4, 0.5) is 11.5 Å².